The van der Waals surface area contributed by atoms with Crippen molar-refractivity contribution in [2.75, 3.05) is 19.6 Å². The van der Waals surface area contributed by atoms with Gasteiger partial charge in [0.1, 0.15) is 17.2 Å². The van der Waals surface area contributed by atoms with Crippen LogP contribution >= 0.6 is 0 Å². The molecule has 3 aliphatic rings. The first-order chi connectivity index (χ1) is 24.7. The smallest absolute Gasteiger partial charge is 0.352 e. The minimum absolute atomic E-state index is 0.0124. The number of fused-ring (bicyclic) bond motifs is 4. The number of imide groups is 1. The number of aromatic hydroxyl groups is 1. The molecule has 12 heteroatoms. The van der Waals surface area contributed by atoms with Crippen molar-refractivity contribution in [2.45, 2.75) is 37.3 Å². The lowest BCUT2D eigenvalue weighted by atomic mass is 9.53. The monoisotopic (exact) mass is 685 g/mol. The molecular formula is C39H35N5O7. The van der Waals surface area contributed by atoms with Crippen LogP contribution in [0.3, 0.4) is 0 Å². The van der Waals surface area contributed by atoms with Gasteiger partial charge < -0.3 is 14.6 Å². The van der Waals surface area contributed by atoms with E-state index in [9.17, 15) is 19.5 Å². The van der Waals surface area contributed by atoms with Gasteiger partial charge in [0.15, 0.2) is 0 Å². The third-order valence-electron chi connectivity index (χ3n) is 10.5. The Balaban J connectivity index is 1.41. The molecule has 4 aromatic carbocycles. The first kappa shape index (κ1) is 31.9. The number of amides is 2. The van der Waals surface area contributed by atoms with Crippen LogP contribution in [0.15, 0.2) is 118 Å². The number of nitrogens with one attached hydrogen (secondary N) is 1. The number of carbonyl (C=O) groups excluding carboxylic acids is 2. The van der Waals surface area contributed by atoms with Gasteiger partial charge in [0, 0.05) is 23.6 Å². The number of hydrogen-bond acceptors (Lipinski definition) is 8. The molecule has 2 N–H and O–H groups in total. The van der Waals surface area contributed by atoms with Crippen LogP contribution in [0.2, 0.25) is 0 Å². The minimum atomic E-state index is -1.61. The van der Waals surface area contributed by atoms with Crippen LogP contribution in [0, 0.1) is 12.8 Å². The quantitative estimate of drug-likeness (QED) is 0.190. The molecule has 258 valence electrons. The summed E-state index contributed by atoms with van der Waals surface area (Å²) < 4.78 is 15.2. The third kappa shape index (κ3) is 4.59. The zero-order valence-electron chi connectivity index (χ0n) is 28.1. The van der Waals surface area contributed by atoms with Crippen molar-refractivity contribution in [3.8, 4) is 22.9 Å². The highest BCUT2D eigenvalue weighted by Gasteiger charge is 2.69. The van der Waals surface area contributed by atoms with Gasteiger partial charge in [-0.2, -0.15) is 5.01 Å². The van der Waals surface area contributed by atoms with E-state index in [4.69, 9.17) is 9.47 Å². The van der Waals surface area contributed by atoms with Crippen molar-refractivity contribution in [3.63, 3.8) is 0 Å². The fraction of sp³-hybridized carbons (Fsp3) is 0.231. The summed E-state index contributed by atoms with van der Waals surface area (Å²) >= 11 is 0. The maximum absolute atomic E-state index is 15.3. The van der Waals surface area contributed by atoms with Gasteiger partial charge in [-0.25, -0.2) is 23.5 Å². The molecule has 3 heterocycles. The summed E-state index contributed by atoms with van der Waals surface area (Å²) in [5.41, 5.74) is 3.72. The summed E-state index contributed by atoms with van der Waals surface area (Å²) in [7, 11) is 2.92. The molecule has 4 atom stereocenters. The van der Waals surface area contributed by atoms with Crippen molar-refractivity contribution < 1.29 is 24.2 Å². The van der Waals surface area contributed by atoms with Crippen molar-refractivity contribution in [3.05, 3.63) is 146 Å². The lowest BCUT2D eigenvalue weighted by Gasteiger charge is -2.49. The zero-order chi connectivity index (χ0) is 35.6. The number of methoxy groups -OCH3 is 2. The maximum atomic E-state index is 15.3. The number of aromatic nitrogens is 3. The molecule has 0 unspecified atom stereocenters. The molecule has 51 heavy (non-hydrogen) atoms. The predicted octanol–water partition coefficient (Wildman–Crippen LogP) is 4.45. The number of hydrogen-bond donors (Lipinski definition) is 2. The molecule has 0 bridgehead atoms. The highest BCUT2D eigenvalue weighted by molar-refractivity contribution is 6.13. The Morgan fingerprint density at radius 1 is 0.843 bits per heavy atom. The third-order valence-corrected chi connectivity index (χ3v) is 10.5. The van der Waals surface area contributed by atoms with Crippen LogP contribution < -0.4 is 26.3 Å². The number of rotatable bonds is 7. The number of nitrogens with zero attached hydrogens (tertiary/aromatic N) is 4. The molecule has 1 aliphatic carbocycles. The number of benzene rings is 4. The SMILES string of the molecule is COc1cc(O)c([C@H]2C3=CCn4c(=O)n(-c5ccccc5)c(=O)n4[C@@H]3C[C@H]3C(=O)N(Nc4ccc(C)cc4)C(=O)[C@@]23c2ccccc2)c(OC)c1. The number of para-hydroxylation sites is 1. The van der Waals surface area contributed by atoms with Crippen molar-refractivity contribution in [1.29, 1.82) is 0 Å². The number of phenols is 1. The maximum Gasteiger partial charge on any atom is 0.352 e. The second-order valence-electron chi connectivity index (χ2n) is 13.1. The normalized spacial score (nSPS) is 22.1. The first-order valence-corrected chi connectivity index (χ1v) is 16.6. The lowest BCUT2D eigenvalue weighted by molar-refractivity contribution is -0.138. The Morgan fingerprint density at radius 2 is 1.53 bits per heavy atom. The Labute approximate surface area is 292 Å². The average molecular weight is 686 g/mol. The number of aryl methyl sites for hydroxylation is 1. The Morgan fingerprint density at radius 3 is 2.20 bits per heavy atom. The largest absolute Gasteiger partial charge is 0.507 e. The minimum Gasteiger partial charge on any atom is -0.507 e. The number of anilines is 1. The van der Waals surface area contributed by atoms with Gasteiger partial charge >= 0.3 is 11.4 Å². The first-order valence-electron chi connectivity index (χ1n) is 16.6. The topological polar surface area (TPSA) is 137 Å². The van der Waals surface area contributed by atoms with Gasteiger partial charge in [0.2, 0.25) is 0 Å². The van der Waals surface area contributed by atoms with Crippen molar-refractivity contribution in [2.24, 2.45) is 5.92 Å². The van der Waals surface area contributed by atoms with Crippen LogP contribution in [0.5, 0.6) is 17.2 Å². The lowest BCUT2D eigenvalue weighted by Crippen LogP contribution is -2.53. The summed E-state index contributed by atoms with van der Waals surface area (Å²) in [6.07, 6.45) is 1.86. The van der Waals surface area contributed by atoms with Crippen LogP contribution in [0.1, 0.15) is 35.1 Å². The molecule has 1 saturated heterocycles. The van der Waals surface area contributed by atoms with E-state index in [-0.39, 0.29) is 30.0 Å². The molecule has 0 radical (unpaired) electrons. The van der Waals surface area contributed by atoms with E-state index in [1.165, 1.54) is 29.6 Å². The number of hydrazine groups is 1. The molecular weight excluding hydrogens is 650 g/mol. The molecule has 5 aromatic rings. The van der Waals surface area contributed by atoms with E-state index in [1.807, 2.05) is 43.3 Å². The molecule has 2 aliphatic heterocycles. The Bertz CT molecular complexity index is 2340. The van der Waals surface area contributed by atoms with Crippen LogP contribution in [-0.2, 0) is 21.5 Å². The van der Waals surface area contributed by atoms with E-state index in [0.29, 0.717) is 28.3 Å². The van der Waals surface area contributed by atoms with Gasteiger partial charge in [0.05, 0.1) is 49.5 Å². The Hall–Kier alpha value is -6.30. The van der Waals surface area contributed by atoms with E-state index in [0.717, 1.165) is 15.1 Å². The predicted molar refractivity (Wildman–Crippen MR) is 188 cm³/mol. The van der Waals surface area contributed by atoms with E-state index in [1.54, 1.807) is 60.7 Å². The highest BCUT2D eigenvalue weighted by atomic mass is 16.5. The van der Waals surface area contributed by atoms with Crippen LogP contribution in [0.25, 0.3) is 5.69 Å². The fourth-order valence-electron chi connectivity index (χ4n) is 8.29. The van der Waals surface area contributed by atoms with Crippen LogP contribution in [0.4, 0.5) is 5.69 Å². The highest BCUT2D eigenvalue weighted by Crippen LogP contribution is 2.64. The average Bonchev–Trinajstić information content (AvgIpc) is 3.53. The summed E-state index contributed by atoms with van der Waals surface area (Å²) in [6.45, 7) is 1.95. The summed E-state index contributed by atoms with van der Waals surface area (Å²) in [5, 5.41) is 12.9. The standard InChI is InChI=1S/C39H35N5O7/c1-23-14-16-25(17-15-23)40-43-35(46)29-22-30-28(18-19-41-37(48)42(38(49)44(30)41)26-12-8-5-9-13-26)34(33-31(45)20-27(50-2)21-32(33)51-3)39(29,36(43)47)24-10-6-4-7-11-24/h4-18,20-21,29-30,34,40,45H,19,22H2,1-3H3/t29-,30+,34+,39+/m0/s1. The van der Waals surface area contributed by atoms with Gasteiger partial charge in [-0.3, -0.25) is 15.0 Å². The van der Waals surface area contributed by atoms with Gasteiger partial charge in [0.25, 0.3) is 11.8 Å². The summed E-state index contributed by atoms with van der Waals surface area (Å²) in [4.78, 5) is 58.4. The van der Waals surface area contributed by atoms with Crippen LogP contribution in [-0.4, -0.2) is 50.1 Å². The van der Waals surface area contributed by atoms with E-state index >= 15 is 4.79 Å². The van der Waals surface area contributed by atoms with Crippen molar-refractivity contribution >= 4 is 17.5 Å². The van der Waals surface area contributed by atoms with Gasteiger partial charge in [-0.05, 0) is 48.7 Å². The molecule has 2 fully saturated rings. The molecule has 2 amide bonds. The van der Waals surface area contributed by atoms with E-state index < -0.39 is 46.5 Å². The molecule has 1 saturated carbocycles. The van der Waals surface area contributed by atoms with E-state index in [2.05, 4.69) is 5.43 Å². The second kappa shape index (κ2) is 11.9. The molecule has 1 aromatic heterocycles. The van der Waals surface area contributed by atoms with Gasteiger partial charge in [-0.1, -0.05) is 72.3 Å². The molecule has 8 rings (SSSR count). The summed E-state index contributed by atoms with van der Waals surface area (Å²) in [6, 6.07) is 27.3. The number of ether oxygens (including phenoxy) is 2. The zero-order valence-corrected chi connectivity index (χ0v) is 28.1. The molecule has 12 nitrogen and oxygen atoms in total. The number of carbonyl (C=O) groups is 2. The molecule has 0 spiro atoms. The number of phenolic OH excluding ortho intramolecular Hbond substituents is 1. The van der Waals surface area contributed by atoms with Gasteiger partial charge in [-0.15, -0.1) is 0 Å². The number of allylic oxidation sites excluding steroid dienone is 2. The fourth-order valence-corrected chi connectivity index (χ4v) is 8.29. The Kier molecular flexibility index (Phi) is 7.48. The summed E-state index contributed by atoms with van der Waals surface area (Å²) in [5.74, 6) is -2.76. The second-order valence-corrected chi connectivity index (χ2v) is 13.1. The van der Waals surface area contributed by atoms with Crippen molar-refractivity contribution in [1.82, 2.24) is 18.9 Å².